The van der Waals surface area contributed by atoms with Gasteiger partial charge in [-0.05, 0) is 11.6 Å². The highest BCUT2D eigenvalue weighted by Gasteiger charge is 2.29. The zero-order valence-corrected chi connectivity index (χ0v) is 9.30. The molecule has 0 fully saturated rings. The quantitative estimate of drug-likeness (QED) is 0.432. The van der Waals surface area contributed by atoms with Crippen molar-refractivity contribution in [2.45, 2.75) is 5.85 Å². The minimum absolute atomic E-state index is 0.174. The van der Waals surface area contributed by atoms with Gasteiger partial charge in [-0.1, -0.05) is 17.7 Å². The summed E-state index contributed by atoms with van der Waals surface area (Å²) in [5.74, 6) is -2.09. The Hall–Kier alpha value is -0.980. The van der Waals surface area contributed by atoms with Crippen LogP contribution in [-0.4, -0.2) is 19.8 Å². The molecule has 1 rings (SSSR count). The highest BCUT2D eigenvalue weighted by molar-refractivity contribution is 7.51. The van der Waals surface area contributed by atoms with Crippen molar-refractivity contribution in [1.82, 2.24) is 0 Å². The van der Waals surface area contributed by atoms with Gasteiger partial charge in [0.1, 0.15) is 5.02 Å². The molecule has 0 aliphatic rings. The first kappa shape index (κ1) is 13.1. The third kappa shape index (κ3) is 2.78. The second-order valence-electron chi connectivity index (χ2n) is 2.93. The number of halogens is 1. The number of aliphatic hydroxyl groups excluding tert-OH is 1. The maximum Gasteiger partial charge on any atom is 0.358 e. The zero-order chi connectivity index (χ0) is 12.5. The third-order valence-electron chi connectivity index (χ3n) is 1.78. The maximum atomic E-state index is 10.7. The Morgan fingerprint density at radius 1 is 1.44 bits per heavy atom. The molecule has 16 heavy (non-hydrogen) atoms. The van der Waals surface area contributed by atoms with Crippen LogP contribution in [0.2, 0.25) is 5.02 Å². The molecule has 0 bridgehead atoms. The van der Waals surface area contributed by atoms with E-state index in [1.165, 1.54) is 0 Å². The topological polar surface area (TPSA) is 121 Å². The number of aliphatic hydroxyl groups is 1. The molecule has 0 aromatic heterocycles. The summed E-state index contributed by atoms with van der Waals surface area (Å²) >= 11 is 5.49. The van der Waals surface area contributed by atoms with Crippen molar-refractivity contribution >= 4 is 24.9 Å². The van der Waals surface area contributed by atoms with E-state index in [2.05, 4.69) is 0 Å². The number of nitro benzene ring substituents is 1. The molecule has 9 heteroatoms. The largest absolute Gasteiger partial charge is 0.376 e. The van der Waals surface area contributed by atoms with Crippen LogP contribution in [0.4, 0.5) is 5.69 Å². The number of benzene rings is 1. The van der Waals surface area contributed by atoms with E-state index in [9.17, 15) is 19.8 Å². The molecule has 0 amide bonds. The summed E-state index contributed by atoms with van der Waals surface area (Å²) in [6.07, 6.45) is 0. The van der Waals surface area contributed by atoms with E-state index in [1.54, 1.807) is 0 Å². The molecule has 0 aliphatic heterocycles. The molecule has 88 valence electrons. The normalized spacial score (nSPS) is 13.5. The molecule has 0 heterocycles. The highest BCUT2D eigenvalue weighted by Crippen LogP contribution is 2.50. The average molecular weight is 268 g/mol. The summed E-state index contributed by atoms with van der Waals surface area (Å²) in [6, 6.07) is 3.03. The van der Waals surface area contributed by atoms with Crippen molar-refractivity contribution in [1.29, 1.82) is 0 Å². The molecule has 0 saturated heterocycles. The average Bonchev–Trinajstić information content (AvgIpc) is 2.15. The van der Waals surface area contributed by atoms with Crippen molar-refractivity contribution in [3.63, 3.8) is 0 Å². The summed E-state index contributed by atoms with van der Waals surface area (Å²) in [7, 11) is -4.75. The van der Waals surface area contributed by atoms with E-state index < -0.39 is 24.1 Å². The first-order valence-corrected chi connectivity index (χ1v) is 5.96. The van der Waals surface area contributed by atoms with E-state index in [1.807, 2.05) is 0 Å². The smallest absolute Gasteiger partial charge is 0.358 e. The van der Waals surface area contributed by atoms with Gasteiger partial charge in [0.05, 0.1) is 4.92 Å². The highest BCUT2D eigenvalue weighted by atomic mass is 35.5. The lowest BCUT2D eigenvalue weighted by molar-refractivity contribution is -0.384. The summed E-state index contributed by atoms with van der Waals surface area (Å²) < 4.78 is 10.7. The van der Waals surface area contributed by atoms with Crippen molar-refractivity contribution in [2.75, 3.05) is 0 Å². The third-order valence-corrected chi connectivity index (χ3v) is 3.04. The van der Waals surface area contributed by atoms with Crippen molar-refractivity contribution in [3.05, 3.63) is 38.9 Å². The van der Waals surface area contributed by atoms with Crippen LogP contribution in [0.15, 0.2) is 18.2 Å². The molecule has 3 N–H and O–H groups in total. The Morgan fingerprint density at radius 2 is 2.00 bits per heavy atom. The van der Waals surface area contributed by atoms with E-state index in [0.29, 0.717) is 0 Å². The van der Waals surface area contributed by atoms with Gasteiger partial charge >= 0.3 is 7.60 Å². The lowest BCUT2D eigenvalue weighted by atomic mass is 10.2. The fourth-order valence-electron chi connectivity index (χ4n) is 1.02. The van der Waals surface area contributed by atoms with E-state index in [0.717, 1.165) is 18.2 Å². The Labute approximate surface area is 94.6 Å². The molecular formula is C7H7ClNO6P. The molecule has 0 spiro atoms. The van der Waals surface area contributed by atoms with Crippen LogP contribution in [0.5, 0.6) is 0 Å². The summed E-state index contributed by atoms with van der Waals surface area (Å²) in [5.41, 5.74) is -0.781. The molecule has 1 atom stereocenters. The SMILES string of the molecule is O=[N+]([O-])c1cc(C(O)P(=O)(O)O)ccc1Cl. The van der Waals surface area contributed by atoms with Crippen molar-refractivity contribution in [2.24, 2.45) is 0 Å². The van der Waals surface area contributed by atoms with Crippen LogP contribution in [0.25, 0.3) is 0 Å². The first-order valence-electron chi connectivity index (χ1n) is 3.90. The predicted octanol–water partition coefficient (Wildman–Crippen LogP) is 1.42. The van der Waals surface area contributed by atoms with Gasteiger partial charge in [-0.2, -0.15) is 0 Å². The molecule has 0 saturated carbocycles. The molecule has 1 aromatic carbocycles. The van der Waals surface area contributed by atoms with Crippen LogP contribution in [-0.2, 0) is 4.57 Å². The standard InChI is InChI=1S/C7H7ClNO6P/c8-5-2-1-4(3-6(5)9(11)12)7(10)16(13,14)15/h1-3,7,10H,(H2,13,14,15). The van der Waals surface area contributed by atoms with Gasteiger partial charge in [0.15, 0.2) is 5.85 Å². The van der Waals surface area contributed by atoms with Crippen LogP contribution in [0.3, 0.4) is 0 Å². The first-order chi connectivity index (χ1) is 7.23. The monoisotopic (exact) mass is 267 g/mol. The number of hydrogen-bond donors (Lipinski definition) is 3. The molecule has 0 aliphatic carbocycles. The van der Waals surface area contributed by atoms with Crippen LogP contribution in [0, 0.1) is 10.1 Å². The van der Waals surface area contributed by atoms with Crippen LogP contribution >= 0.6 is 19.2 Å². The maximum absolute atomic E-state index is 10.7. The lowest BCUT2D eigenvalue weighted by Crippen LogP contribution is -2.00. The van der Waals surface area contributed by atoms with Gasteiger partial charge in [-0.3, -0.25) is 14.7 Å². The molecule has 1 aromatic rings. The number of nitrogens with zero attached hydrogens (tertiary/aromatic N) is 1. The van der Waals surface area contributed by atoms with E-state index in [4.69, 9.17) is 21.4 Å². The lowest BCUT2D eigenvalue weighted by Gasteiger charge is -2.12. The van der Waals surface area contributed by atoms with Crippen molar-refractivity contribution in [3.8, 4) is 0 Å². The van der Waals surface area contributed by atoms with Gasteiger partial charge in [-0.15, -0.1) is 0 Å². The molecule has 7 nitrogen and oxygen atoms in total. The predicted molar refractivity (Wildman–Crippen MR) is 55.1 cm³/mol. The molecule has 1 unspecified atom stereocenters. The second kappa shape index (κ2) is 4.48. The Morgan fingerprint density at radius 3 is 2.44 bits per heavy atom. The van der Waals surface area contributed by atoms with Crippen LogP contribution in [0.1, 0.15) is 11.4 Å². The molecular weight excluding hydrogens is 261 g/mol. The minimum Gasteiger partial charge on any atom is -0.376 e. The fraction of sp³-hybridized carbons (Fsp3) is 0.143. The van der Waals surface area contributed by atoms with Gasteiger partial charge in [0.25, 0.3) is 5.69 Å². The van der Waals surface area contributed by atoms with Gasteiger partial charge in [-0.25, -0.2) is 0 Å². The zero-order valence-electron chi connectivity index (χ0n) is 7.65. The Balaban J connectivity index is 3.23. The summed E-state index contributed by atoms with van der Waals surface area (Å²) in [4.78, 5) is 27.1. The summed E-state index contributed by atoms with van der Waals surface area (Å²) in [6.45, 7) is 0. The number of rotatable bonds is 3. The van der Waals surface area contributed by atoms with E-state index >= 15 is 0 Å². The van der Waals surface area contributed by atoms with E-state index in [-0.39, 0.29) is 10.6 Å². The Kier molecular flexibility index (Phi) is 3.67. The minimum atomic E-state index is -4.75. The summed E-state index contributed by atoms with van der Waals surface area (Å²) in [5, 5.41) is 19.5. The van der Waals surface area contributed by atoms with Gasteiger partial charge in [0, 0.05) is 6.07 Å². The van der Waals surface area contributed by atoms with Crippen LogP contribution < -0.4 is 0 Å². The second-order valence-corrected chi connectivity index (χ2v) is 5.01. The van der Waals surface area contributed by atoms with Gasteiger partial charge in [0.2, 0.25) is 0 Å². The Bertz CT molecular complexity index is 472. The number of hydrogen-bond acceptors (Lipinski definition) is 4. The number of nitro groups is 1. The fourth-order valence-corrected chi connectivity index (χ4v) is 1.76. The molecule has 0 radical (unpaired) electrons. The van der Waals surface area contributed by atoms with Gasteiger partial charge < -0.3 is 14.9 Å². The van der Waals surface area contributed by atoms with Crippen molar-refractivity contribution < 1.29 is 24.4 Å².